The molecule has 0 aliphatic carbocycles. The first-order valence-corrected chi connectivity index (χ1v) is 11.4. The Kier molecular flexibility index (Phi) is 9.46. The van der Waals surface area contributed by atoms with E-state index in [9.17, 15) is 14.0 Å². The highest BCUT2D eigenvalue weighted by atomic mass is 35.5. The Morgan fingerprint density at radius 3 is 2.37 bits per heavy atom. The fraction of sp³-hybridized carbons (Fsp3) is 0.364. The molecule has 0 heterocycles. The van der Waals surface area contributed by atoms with Crippen LogP contribution in [0.5, 0.6) is 0 Å². The lowest BCUT2D eigenvalue weighted by Crippen LogP contribution is -2.49. The molecule has 0 aromatic heterocycles. The van der Waals surface area contributed by atoms with Gasteiger partial charge in [0.2, 0.25) is 11.8 Å². The van der Waals surface area contributed by atoms with Gasteiger partial charge in [-0.05, 0) is 56.2 Å². The molecule has 0 radical (unpaired) electrons. The molecule has 0 aliphatic rings. The first-order valence-electron chi connectivity index (χ1n) is 9.53. The van der Waals surface area contributed by atoms with Gasteiger partial charge >= 0.3 is 0 Å². The van der Waals surface area contributed by atoms with Crippen LogP contribution in [0.25, 0.3) is 0 Å². The maximum Gasteiger partial charge on any atom is 0.242 e. The average Bonchev–Trinajstić information content (AvgIpc) is 2.68. The molecule has 4 nitrogen and oxygen atoms in total. The van der Waals surface area contributed by atoms with E-state index < -0.39 is 6.04 Å². The Balaban J connectivity index is 2.08. The molecule has 2 aromatic carbocycles. The highest BCUT2D eigenvalue weighted by Crippen LogP contribution is 2.25. The second-order valence-corrected chi connectivity index (χ2v) is 9.05. The van der Waals surface area contributed by atoms with Crippen LogP contribution in [-0.4, -0.2) is 34.6 Å². The van der Waals surface area contributed by atoms with Gasteiger partial charge in [0.25, 0.3) is 0 Å². The first kappa shape index (κ1) is 24.5. The standard InChI is InChI=1S/C22H25Cl2FN2O2S/c1-14(2)26-22(29)15(3)27(11-16-4-8-19(25)9-5-16)21(28)13-30-12-17-6-7-18(23)10-20(17)24/h4-10,14-15H,11-13H2,1-3H3,(H,26,29). The van der Waals surface area contributed by atoms with Crippen molar-refractivity contribution in [1.82, 2.24) is 10.2 Å². The van der Waals surface area contributed by atoms with Crippen LogP contribution in [0.4, 0.5) is 4.39 Å². The molecule has 8 heteroatoms. The van der Waals surface area contributed by atoms with Gasteiger partial charge < -0.3 is 10.2 Å². The second kappa shape index (κ2) is 11.6. The van der Waals surface area contributed by atoms with Crippen molar-refractivity contribution in [3.8, 4) is 0 Å². The van der Waals surface area contributed by atoms with E-state index in [1.54, 1.807) is 31.2 Å². The molecule has 0 saturated heterocycles. The number of carbonyl (C=O) groups excluding carboxylic acids is 2. The number of benzene rings is 2. The van der Waals surface area contributed by atoms with Gasteiger partial charge in [0.05, 0.1) is 5.75 Å². The summed E-state index contributed by atoms with van der Waals surface area (Å²) < 4.78 is 13.2. The minimum atomic E-state index is -0.662. The summed E-state index contributed by atoms with van der Waals surface area (Å²) in [5.41, 5.74) is 1.63. The Bertz CT molecular complexity index is 878. The second-order valence-electron chi connectivity index (χ2n) is 7.22. The minimum Gasteiger partial charge on any atom is -0.352 e. The van der Waals surface area contributed by atoms with Crippen molar-refractivity contribution < 1.29 is 14.0 Å². The van der Waals surface area contributed by atoms with Crippen molar-refractivity contribution in [2.75, 3.05) is 5.75 Å². The summed E-state index contributed by atoms with van der Waals surface area (Å²) in [6.45, 7) is 5.64. The molecule has 2 amide bonds. The quantitative estimate of drug-likeness (QED) is 0.540. The van der Waals surface area contributed by atoms with Crippen molar-refractivity contribution in [1.29, 1.82) is 0 Å². The molecule has 1 N–H and O–H groups in total. The van der Waals surface area contributed by atoms with Crippen LogP contribution >= 0.6 is 35.0 Å². The van der Waals surface area contributed by atoms with Crippen LogP contribution in [0.1, 0.15) is 31.9 Å². The molecule has 0 fully saturated rings. The number of nitrogens with one attached hydrogen (secondary N) is 1. The SMILES string of the molecule is CC(C)NC(=O)C(C)N(Cc1ccc(F)cc1)C(=O)CSCc1ccc(Cl)cc1Cl. The molecule has 2 aromatic rings. The third-order valence-corrected chi connectivity index (χ3v) is 5.92. The number of rotatable bonds is 9. The van der Waals surface area contributed by atoms with E-state index in [0.717, 1.165) is 11.1 Å². The Morgan fingerprint density at radius 2 is 1.77 bits per heavy atom. The van der Waals surface area contributed by atoms with Gasteiger partial charge in [-0.1, -0.05) is 41.4 Å². The van der Waals surface area contributed by atoms with E-state index in [2.05, 4.69) is 5.32 Å². The van der Waals surface area contributed by atoms with Crippen LogP contribution in [0.2, 0.25) is 10.0 Å². The van der Waals surface area contributed by atoms with Gasteiger partial charge in [-0.2, -0.15) is 0 Å². The lowest BCUT2D eigenvalue weighted by atomic mass is 10.1. The number of thioether (sulfide) groups is 1. The van der Waals surface area contributed by atoms with Crippen molar-refractivity contribution >= 4 is 46.8 Å². The predicted molar refractivity (Wildman–Crippen MR) is 122 cm³/mol. The lowest BCUT2D eigenvalue weighted by Gasteiger charge is -2.29. The molecule has 0 saturated carbocycles. The van der Waals surface area contributed by atoms with Gasteiger partial charge in [0.15, 0.2) is 0 Å². The van der Waals surface area contributed by atoms with E-state index in [1.165, 1.54) is 28.8 Å². The first-order chi connectivity index (χ1) is 14.2. The number of halogens is 3. The minimum absolute atomic E-state index is 0.0378. The van der Waals surface area contributed by atoms with Crippen LogP contribution < -0.4 is 5.32 Å². The number of amides is 2. The average molecular weight is 471 g/mol. The largest absolute Gasteiger partial charge is 0.352 e. The van der Waals surface area contributed by atoms with E-state index in [4.69, 9.17) is 23.2 Å². The summed E-state index contributed by atoms with van der Waals surface area (Å²) in [5, 5.41) is 3.94. The summed E-state index contributed by atoms with van der Waals surface area (Å²) in [5.74, 6) is -0.0392. The van der Waals surface area contributed by atoms with Crippen molar-refractivity contribution in [2.24, 2.45) is 0 Å². The molecule has 0 aliphatic heterocycles. The highest BCUT2D eigenvalue weighted by molar-refractivity contribution is 7.99. The summed E-state index contributed by atoms with van der Waals surface area (Å²) >= 11 is 13.5. The number of hydrogen-bond donors (Lipinski definition) is 1. The van der Waals surface area contributed by atoms with Gasteiger partial charge in [-0.3, -0.25) is 9.59 Å². The fourth-order valence-electron chi connectivity index (χ4n) is 2.74. The molecule has 1 unspecified atom stereocenters. The summed E-state index contributed by atoms with van der Waals surface area (Å²) in [7, 11) is 0. The Labute approximate surface area is 191 Å². The molecular weight excluding hydrogens is 446 g/mol. The van der Waals surface area contributed by atoms with Gasteiger partial charge in [-0.25, -0.2) is 4.39 Å². The Hall–Kier alpha value is -1.76. The molecule has 162 valence electrons. The van der Waals surface area contributed by atoms with Crippen LogP contribution in [0.15, 0.2) is 42.5 Å². The maximum absolute atomic E-state index is 13.2. The third-order valence-electron chi connectivity index (χ3n) is 4.36. The normalized spacial score (nSPS) is 12.0. The highest BCUT2D eigenvalue weighted by Gasteiger charge is 2.26. The zero-order chi connectivity index (χ0) is 22.3. The zero-order valence-electron chi connectivity index (χ0n) is 17.1. The summed E-state index contributed by atoms with van der Waals surface area (Å²) in [4.78, 5) is 27.0. The molecule has 2 rings (SSSR count). The zero-order valence-corrected chi connectivity index (χ0v) is 19.5. The molecule has 1 atom stereocenters. The monoisotopic (exact) mass is 470 g/mol. The molecule has 0 bridgehead atoms. The molecule has 0 spiro atoms. The van der Waals surface area contributed by atoms with E-state index >= 15 is 0 Å². The number of nitrogens with zero attached hydrogens (tertiary/aromatic N) is 1. The third kappa shape index (κ3) is 7.49. The van der Waals surface area contributed by atoms with Crippen LogP contribution in [0, 0.1) is 5.82 Å². The molecular formula is C22H25Cl2FN2O2S. The van der Waals surface area contributed by atoms with Crippen LogP contribution in [-0.2, 0) is 21.9 Å². The van der Waals surface area contributed by atoms with E-state index in [0.29, 0.717) is 15.8 Å². The van der Waals surface area contributed by atoms with Gasteiger partial charge in [0, 0.05) is 28.4 Å². The van der Waals surface area contributed by atoms with Gasteiger partial charge in [-0.15, -0.1) is 11.8 Å². The van der Waals surface area contributed by atoms with Crippen molar-refractivity contribution in [2.45, 2.75) is 45.2 Å². The summed E-state index contributed by atoms with van der Waals surface area (Å²) in [6.07, 6.45) is 0. The van der Waals surface area contributed by atoms with E-state index in [1.807, 2.05) is 19.9 Å². The topological polar surface area (TPSA) is 49.4 Å². The number of carbonyl (C=O) groups is 2. The predicted octanol–water partition coefficient (Wildman–Crippen LogP) is 5.31. The molecule has 30 heavy (non-hydrogen) atoms. The number of hydrogen-bond acceptors (Lipinski definition) is 3. The lowest BCUT2D eigenvalue weighted by molar-refractivity contribution is -0.138. The van der Waals surface area contributed by atoms with Crippen molar-refractivity contribution in [3.05, 3.63) is 69.5 Å². The summed E-state index contributed by atoms with van der Waals surface area (Å²) in [6, 6.07) is 10.5. The van der Waals surface area contributed by atoms with Crippen molar-refractivity contribution in [3.63, 3.8) is 0 Å². The van der Waals surface area contributed by atoms with E-state index in [-0.39, 0.29) is 36.0 Å². The smallest absolute Gasteiger partial charge is 0.242 e. The van der Waals surface area contributed by atoms with Crippen LogP contribution in [0.3, 0.4) is 0 Å². The maximum atomic E-state index is 13.2. The van der Waals surface area contributed by atoms with Gasteiger partial charge in [0.1, 0.15) is 11.9 Å². The Morgan fingerprint density at radius 1 is 1.10 bits per heavy atom. The fourth-order valence-corrected chi connectivity index (χ4v) is 4.21.